The molecule has 0 aromatic carbocycles. The number of primary amides is 1. The van der Waals surface area contributed by atoms with Crippen LogP contribution in [0.25, 0.3) is 0 Å². The maximum absolute atomic E-state index is 11.3. The van der Waals surface area contributed by atoms with Crippen molar-refractivity contribution in [2.24, 2.45) is 17.1 Å². The smallest absolute Gasteiger partial charge is 0.225 e. The highest BCUT2D eigenvalue weighted by molar-refractivity contribution is 5.75. The molecule has 4 unspecified atom stereocenters. The molecule has 0 radical (unpaired) electrons. The first-order chi connectivity index (χ1) is 11.8. The predicted octanol–water partition coefficient (Wildman–Crippen LogP) is 0.661. The number of carbonyl (C=O) groups excluding carboxylic acids is 1. The van der Waals surface area contributed by atoms with Crippen LogP contribution in [0.15, 0.2) is 0 Å². The lowest BCUT2D eigenvalue weighted by Gasteiger charge is -2.64. The molecule has 25 heavy (non-hydrogen) atoms. The largest absolute Gasteiger partial charge is 0.394 e. The third-order valence-corrected chi connectivity index (χ3v) is 6.74. The fraction of sp³-hybridized carbons (Fsp3) is 0.833. The maximum Gasteiger partial charge on any atom is 0.225 e. The molecular formula is C18H28N4O3. The molecule has 1 heterocycles. The Balaban J connectivity index is 1.78. The van der Waals surface area contributed by atoms with Crippen LogP contribution in [0.5, 0.6) is 0 Å². The predicted molar refractivity (Wildman–Crippen MR) is 90.6 cm³/mol. The molecule has 4 bridgehead atoms. The molecule has 138 valence electrons. The van der Waals surface area contributed by atoms with E-state index in [0.717, 1.165) is 37.9 Å². The second kappa shape index (κ2) is 5.51. The Hall–Kier alpha value is -1.47. The van der Waals surface area contributed by atoms with E-state index in [1.54, 1.807) is 4.68 Å². The van der Waals surface area contributed by atoms with E-state index in [0.29, 0.717) is 24.7 Å². The van der Waals surface area contributed by atoms with Crippen LogP contribution in [-0.2, 0) is 23.2 Å². The monoisotopic (exact) mass is 348 g/mol. The van der Waals surface area contributed by atoms with Gasteiger partial charge in [0.1, 0.15) is 5.82 Å². The van der Waals surface area contributed by atoms with E-state index in [4.69, 9.17) is 5.73 Å². The summed E-state index contributed by atoms with van der Waals surface area (Å²) in [7, 11) is 0. The van der Waals surface area contributed by atoms with Crippen LogP contribution in [0.4, 0.5) is 0 Å². The summed E-state index contributed by atoms with van der Waals surface area (Å²) in [6, 6.07) is 0. The summed E-state index contributed by atoms with van der Waals surface area (Å²) < 4.78 is 1.75. The number of aliphatic hydroxyl groups excluding tert-OH is 1. The fourth-order valence-corrected chi connectivity index (χ4v) is 6.49. The van der Waals surface area contributed by atoms with E-state index in [2.05, 4.69) is 17.0 Å². The van der Waals surface area contributed by atoms with Gasteiger partial charge in [-0.25, -0.2) is 9.67 Å². The molecule has 0 spiro atoms. The minimum Gasteiger partial charge on any atom is -0.394 e. The summed E-state index contributed by atoms with van der Waals surface area (Å²) in [5, 5.41) is 25.1. The number of carbonyl (C=O) groups is 1. The van der Waals surface area contributed by atoms with Gasteiger partial charge in [0.05, 0.1) is 25.2 Å². The molecule has 7 heteroatoms. The van der Waals surface area contributed by atoms with Gasteiger partial charge >= 0.3 is 0 Å². The van der Waals surface area contributed by atoms with Gasteiger partial charge in [-0.1, -0.05) is 13.3 Å². The minimum atomic E-state index is -0.616. The highest BCUT2D eigenvalue weighted by Crippen LogP contribution is 2.67. The second-order valence-electron chi connectivity index (χ2n) is 8.81. The van der Waals surface area contributed by atoms with E-state index < -0.39 is 11.5 Å². The fourth-order valence-electron chi connectivity index (χ4n) is 6.49. The summed E-state index contributed by atoms with van der Waals surface area (Å²) in [5.74, 6) is 1.31. The lowest BCUT2D eigenvalue weighted by molar-refractivity contribution is -0.178. The molecule has 4 aliphatic rings. The zero-order valence-corrected chi connectivity index (χ0v) is 14.9. The van der Waals surface area contributed by atoms with Crippen molar-refractivity contribution in [2.45, 2.75) is 75.9 Å². The Morgan fingerprint density at radius 1 is 1.32 bits per heavy atom. The molecule has 1 amide bonds. The van der Waals surface area contributed by atoms with Crippen molar-refractivity contribution >= 4 is 5.91 Å². The molecule has 5 rings (SSSR count). The first kappa shape index (κ1) is 17.0. The summed E-state index contributed by atoms with van der Waals surface area (Å²) in [6.45, 7) is 2.54. The zero-order valence-electron chi connectivity index (χ0n) is 14.9. The first-order valence-corrected chi connectivity index (χ1v) is 9.37. The van der Waals surface area contributed by atoms with E-state index in [1.165, 1.54) is 6.42 Å². The maximum atomic E-state index is 11.3. The van der Waals surface area contributed by atoms with Gasteiger partial charge in [0.25, 0.3) is 0 Å². The van der Waals surface area contributed by atoms with Crippen molar-refractivity contribution in [1.82, 2.24) is 14.8 Å². The lowest BCUT2D eigenvalue weighted by atomic mass is 9.42. The van der Waals surface area contributed by atoms with Gasteiger partial charge < -0.3 is 15.9 Å². The van der Waals surface area contributed by atoms with Crippen LogP contribution in [0, 0.1) is 11.3 Å². The number of hydrogen-bond acceptors (Lipinski definition) is 5. The Bertz CT molecular complexity index is 704. The Kier molecular flexibility index (Phi) is 3.74. The van der Waals surface area contributed by atoms with Crippen LogP contribution in [-0.4, -0.2) is 43.1 Å². The third kappa shape index (κ3) is 2.68. The van der Waals surface area contributed by atoms with Crippen LogP contribution < -0.4 is 5.73 Å². The van der Waals surface area contributed by atoms with Gasteiger partial charge in [0.15, 0.2) is 5.82 Å². The number of aromatic nitrogens is 3. The molecule has 1 aromatic heterocycles. The summed E-state index contributed by atoms with van der Waals surface area (Å²) in [5.41, 5.74) is 4.66. The van der Waals surface area contributed by atoms with Gasteiger partial charge in [-0.3, -0.25) is 4.79 Å². The van der Waals surface area contributed by atoms with Crippen LogP contribution in [0.1, 0.15) is 63.5 Å². The van der Waals surface area contributed by atoms with Crippen molar-refractivity contribution in [3.8, 4) is 0 Å². The topological polar surface area (TPSA) is 114 Å². The SMILES string of the molecule is CCC12CC3CC(O)(C1)CC(c1nc(CC(N)=O)nn1CCO)(C3)C2. The van der Waals surface area contributed by atoms with Crippen LogP contribution in [0.3, 0.4) is 0 Å². The molecule has 1 aromatic rings. The molecule has 4 aliphatic carbocycles. The Morgan fingerprint density at radius 3 is 2.76 bits per heavy atom. The zero-order chi connectivity index (χ0) is 17.9. The molecular weight excluding hydrogens is 320 g/mol. The Labute approximate surface area is 147 Å². The van der Waals surface area contributed by atoms with Crippen molar-refractivity contribution in [3.63, 3.8) is 0 Å². The van der Waals surface area contributed by atoms with Gasteiger partial charge in [0.2, 0.25) is 5.91 Å². The third-order valence-electron chi connectivity index (χ3n) is 6.74. The van der Waals surface area contributed by atoms with Crippen LogP contribution >= 0.6 is 0 Å². The summed E-state index contributed by atoms with van der Waals surface area (Å²) >= 11 is 0. The molecule has 4 N–H and O–H groups in total. The highest BCUT2D eigenvalue weighted by atomic mass is 16.3. The van der Waals surface area contributed by atoms with E-state index >= 15 is 0 Å². The number of nitrogens with two attached hydrogens (primary N) is 1. The standard InChI is InChI=1S/C18H28N4O3/c1-2-16-6-12-7-17(9-16,11-18(25,8-12)10-16)15-20-14(5-13(19)24)21-22(15)3-4-23/h12,23,25H,2-11H2,1H3,(H2,19,24). The highest BCUT2D eigenvalue weighted by Gasteiger charge is 2.64. The van der Waals surface area contributed by atoms with Crippen molar-refractivity contribution in [2.75, 3.05) is 6.61 Å². The number of rotatable bonds is 6. The summed E-state index contributed by atoms with van der Waals surface area (Å²) in [6.07, 6.45) is 6.76. The van der Waals surface area contributed by atoms with Crippen LogP contribution in [0.2, 0.25) is 0 Å². The Morgan fingerprint density at radius 2 is 2.12 bits per heavy atom. The number of amides is 1. The average Bonchev–Trinajstić information content (AvgIpc) is 2.88. The molecule has 0 aliphatic heterocycles. The first-order valence-electron chi connectivity index (χ1n) is 9.37. The summed E-state index contributed by atoms with van der Waals surface area (Å²) in [4.78, 5) is 16.0. The lowest BCUT2D eigenvalue weighted by Crippen LogP contribution is -2.62. The molecule has 0 saturated heterocycles. The number of hydrogen-bond donors (Lipinski definition) is 3. The van der Waals surface area contributed by atoms with Gasteiger partial charge in [-0.05, 0) is 49.9 Å². The van der Waals surface area contributed by atoms with E-state index in [1.807, 2.05) is 0 Å². The van der Waals surface area contributed by atoms with Gasteiger partial charge in [0, 0.05) is 5.41 Å². The second-order valence-corrected chi connectivity index (χ2v) is 8.81. The van der Waals surface area contributed by atoms with Gasteiger partial charge in [-0.15, -0.1) is 0 Å². The van der Waals surface area contributed by atoms with Crippen molar-refractivity contribution in [1.29, 1.82) is 0 Å². The number of nitrogens with zero attached hydrogens (tertiary/aromatic N) is 3. The van der Waals surface area contributed by atoms with E-state index in [-0.39, 0.29) is 23.9 Å². The molecule has 4 atom stereocenters. The molecule has 4 saturated carbocycles. The van der Waals surface area contributed by atoms with Gasteiger partial charge in [-0.2, -0.15) is 5.10 Å². The quantitative estimate of drug-likeness (QED) is 0.699. The normalized spacial score (nSPS) is 39.1. The average molecular weight is 348 g/mol. The van der Waals surface area contributed by atoms with E-state index in [9.17, 15) is 15.0 Å². The minimum absolute atomic E-state index is 0.00806. The van der Waals surface area contributed by atoms with Crippen molar-refractivity contribution < 1.29 is 15.0 Å². The molecule has 4 fully saturated rings. The number of aliphatic hydroxyl groups is 2. The van der Waals surface area contributed by atoms with Crippen molar-refractivity contribution in [3.05, 3.63) is 11.6 Å². The molecule has 7 nitrogen and oxygen atoms in total.